The summed E-state index contributed by atoms with van der Waals surface area (Å²) in [5, 5.41) is 17.3. The largest absolute Gasteiger partial charge is 0.483 e. The van der Waals surface area contributed by atoms with Crippen LogP contribution in [-0.4, -0.2) is 16.5 Å². The van der Waals surface area contributed by atoms with Crippen LogP contribution in [-0.2, 0) is 4.79 Å². The minimum Gasteiger partial charge on any atom is -0.483 e. The van der Waals surface area contributed by atoms with Gasteiger partial charge in [-0.05, 0) is 6.07 Å². The number of benzene rings is 1. The Balaban J connectivity index is 0.000000500. The van der Waals surface area contributed by atoms with E-state index in [0.717, 1.165) is 0 Å². The van der Waals surface area contributed by atoms with E-state index in [1.807, 2.05) is 0 Å². The van der Waals surface area contributed by atoms with Gasteiger partial charge in [-0.25, -0.2) is 0 Å². The molecule has 0 bridgehead atoms. The van der Waals surface area contributed by atoms with E-state index < -0.39 is 4.92 Å². The SMILES string of the molecule is O=CO.O=[N+]([O-])c1cccc(Cl)c1Cl. The van der Waals surface area contributed by atoms with E-state index in [1.54, 1.807) is 0 Å². The Morgan fingerprint density at radius 3 is 2.29 bits per heavy atom. The summed E-state index contributed by atoms with van der Waals surface area (Å²) in [4.78, 5) is 18.0. The third kappa shape index (κ3) is 3.59. The Hall–Kier alpha value is -1.33. The van der Waals surface area contributed by atoms with Gasteiger partial charge in [0.2, 0.25) is 0 Å². The first kappa shape index (κ1) is 12.7. The number of nitro benzene ring substituents is 1. The maximum atomic E-state index is 10.2. The van der Waals surface area contributed by atoms with E-state index in [2.05, 4.69) is 0 Å². The van der Waals surface area contributed by atoms with Crippen molar-refractivity contribution in [1.82, 2.24) is 0 Å². The van der Waals surface area contributed by atoms with Gasteiger partial charge in [0.05, 0.1) is 9.95 Å². The molecule has 0 aliphatic rings. The number of carboxylic acid groups (broad SMARTS) is 1. The fourth-order valence-corrected chi connectivity index (χ4v) is 0.998. The molecular weight excluding hydrogens is 233 g/mol. The fourth-order valence-electron chi connectivity index (χ4n) is 0.633. The van der Waals surface area contributed by atoms with E-state index in [1.165, 1.54) is 18.2 Å². The highest BCUT2D eigenvalue weighted by molar-refractivity contribution is 6.43. The molecule has 0 heterocycles. The van der Waals surface area contributed by atoms with Crippen LogP contribution in [0.3, 0.4) is 0 Å². The number of halogens is 2. The van der Waals surface area contributed by atoms with Gasteiger partial charge in [0, 0.05) is 6.07 Å². The average molecular weight is 238 g/mol. The average Bonchev–Trinajstić information content (AvgIpc) is 2.10. The minimum atomic E-state index is -0.575. The summed E-state index contributed by atoms with van der Waals surface area (Å²) < 4.78 is 0. The molecule has 76 valence electrons. The van der Waals surface area contributed by atoms with Crippen molar-refractivity contribution in [2.45, 2.75) is 0 Å². The fraction of sp³-hybridized carbons (Fsp3) is 0. The molecule has 0 aliphatic carbocycles. The summed E-state index contributed by atoms with van der Waals surface area (Å²) in [7, 11) is 0. The molecule has 1 aromatic carbocycles. The van der Waals surface area contributed by atoms with Crippen molar-refractivity contribution in [3.63, 3.8) is 0 Å². The molecule has 0 radical (unpaired) electrons. The Morgan fingerprint density at radius 2 is 1.93 bits per heavy atom. The number of rotatable bonds is 1. The highest BCUT2D eigenvalue weighted by Gasteiger charge is 2.13. The van der Waals surface area contributed by atoms with Crippen LogP contribution in [0.15, 0.2) is 18.2 Å². The topological polar surface area (TPSA) is 80.4 Å². The van der Waals surface area contributed by atoms with E-state index in [4.69, 9.17) is 33.1 Å². The van der Waals surface area contributed by atoms with Gasteiger partial charge in [0.1, 0.15) is 5.02 Å². The van der Waals surface area contributed by atoms with Gasteiger partial charge in [-0.2, -0.15) is 0 Å². The van der Waals surface area contributed by atoms with Crippen molar-refractivity contribution >= 4 is 35.4 Å². The monoisotopic (exact) mass is 237 g/mol. The number of nitro groups is 1. The van der Waals surface area contributed by atoms with E-state index in [-0.39, 0.29) is 22.2 Å². The normalized spacial score (nSPS) is 8.43. The second-order valence-corrected chi connectivity index (χ2v) is 2.72. The first-order chi connectivity index (χ1) is 6.54. The summed E-state index contributed by atoms with van der Waals surface area (Å²) in [5.74, 6) is 0. The van der Waals surface area contributed by atoms with Crippen molar-refractivity contribution in [2.75, 3.05) is 0 Å². The molecule has 1 rings (SSSR count). The number of nitrogens with zero attached hydrogens (tertiary/aromatic N) is 1. The van der Waals surface area contributed by atoms with Crippen LogP contribution >= 0.6 is 23.2 Å². The van der Waals surface area contributed by atoms with Crippen LogP contribution < -0.4 is 0 Å². The van der Waals surface area contributed by atoms with Crippen LogP contribution in [0, 0.1) is 10.1 Å². The van der Waals surface area contributed by atoms with Crippen molar-refractivity contribution in [3.8, 4) is 0 Å². The van der Waals surface area contributed by atoms with Crippen molar-refractivity contribution in [3.05, 3.63) is 38.4 Å². The number of hydrogen-bond acceptors (Lipinski definition) is 3. The van der Waals surface area contributed by atoms with Crippen LogP contribution in [0.4, 0.5) is 5.69 Å². The molecule has 0 saturated carbocycles. The van der Waals surface area contributed by atoms with E-state index in [0.29, 0.717) is 0 Å². The quantitative estimate of drug-likeness (QED) is 0.463. The van der Waals surface area contributed by atoms with Crippen LogP contribution in [0.2, 0.25) is 10.0 Å². The smallest absolute Gasteiger partial charge is 0.290 e. The molecule has 0 spiro atoms. The van der Waals surface area contributed by atoms with Gasteiger partial charge in [0.25, 0.3) is 12.2 Å². The summed E-state index contributed by atoms with van der Waals surface area (Å²) >= 11 is 11.0. The molecule has 0 fully saturated rings. The minimum absolute atomic E-state index is 0.0147. The molecule has 0 aromatic heterocycles. The summed E-state index contributed by atoms with van der Waals surface area (Å²) in [6.07, 6.45) is 0. The molecule has 1 aromatic rings. The summed E-state index contributed by atoms with van der Waals surface area (Å²) in [6, 6.07) is 4.28. The van der Waals surface area contributed by atoms with Gasteiger partial charge in [-0.1, -0.05) is 29.3 Å². The first-order valence-corrected chi connectivity index (χ1v) is 3.96. The van der Waals surface area contributed by atoms with Gasteiger partial charge in [0.15, 0.2) is 0 Å². The first-order valence-electron chi connectivity index (χ1n) is 3.20. The number of carbonyl (C=O) groups is 1. The van der Waals surface area contributed by atoms with Gasteiger partial charge in [-0.3, -0.25) is 14.9 Å². The lowest BCUT2D eigenvalue weighted by Crippen LogP contribution is -1.88. The zero-order valence-corrected chi connectivity index (χ0v) is 8.20. The van der Waals surface area contributed by atoms with Crippen molar-refractivity contribution < 1.29 is 14.8 Å². The zero-order valence-electron chi connectivity index (χ0n) is 6.68. The lowest BCUT2D eigenvalue weighted by atomic mass is 10.3. The number of hydrogen-bond donors (Lipinski definition) is 1. The van der Waals surface area contributed by atoms with Gasteiger partial charge < -0.3 is 5.11 Å². The standard InChI is InChI=1S/C6H3Cl2NO2.CH2O2/c7-4-2-1-3-5(6(4)8)9(10)11;2-1-3/h1-3H;1H,(H,2,3). The second-order valence-electron chi connectivity index (χ2n) is 1.94. The third-order valence-corrected chi connectivity index (χ3v) is 1.94. The second kappa shape index (κ2) is 6.17. The van der Waals surface area contributed by atoms with E-state index >= 15 is 0 Å². The molecule has 0 unspecified atom stereocenters. The van der Waals surface area contributed by atoms with Crippen molar-refractivity contribution in [1.29, 1.82) is 0 Å². The predicted octanol–water partition coefficient (Wildman–Crippen LogP) is 2.60. The Bertz CT molecular complexity index is 342. The molecule has 7 heteroatoms. The van der Waals surface area contributed by atoms with Crippen LogP contribution in [0.5, 0.6) is 0 Å². The molecule has 0 saturated heterocycles. The van der Waals surface area contributed by atoms with Gasteiger partial charge >= 0.3 is 0 Å². The molecule has 0 amide bonds. The molecule has 0 aliphatic heterocycles. The molecule has 1 N–H and O–H groups in total. The Morgan fingerprint density at radius 1 is 1.43 bits per heavy atom. The summed E-state index contributed by atoms with van der Waals surface area (Å²) in [6.45, 7) is -0.250. The lowest BCUT2D eigenvalue weighted by Gasteiger charge is -1.94. The highest BCUT2D eigenvalue weighted by atomic mass is 35.5. The van der Waals surface area contributed by atoms with Crippen LogP contribution in [0.25, 0.3) is 0 Å². The Kier molecular flexibility index (Phi) is 5.59. The Labute approximate surface area is 89.0 Å². The van der Waals surface area contributed by atoms with Gasteiger partial charge in [-0.15, -0.1) is 0 Å². The molecule has 0 atom stereocenters. The van der Waals surface area contributed by atoms with Crippen molar-refractivity contribution in [2.24, 2.45) is 0 Å². The predicted molar refractivity (Wildman–Crippen MR) is 51.8 cm³/mol. The lowest BCUT2D eigenvalue weighted by molar-refractivity contribution is -0.384. The van der Waals surface area contributed by atoms with E-state index in [9.17, 15) is 10.1 Å². The molecular formula is C7H5Cl2NO4. The highest BCUT2D eigenvalue weighted by Crippen LogP contribution is 2.30. The molecule has 5 nitrogen and oxygen atoms in total. The molecule has 14 heavy (non-hydrogen) atoms. The van der Waals surface area contributed by atoms with Crippen LogP contribution in [0.1, 0.15) is 0 Å². The maximum absolute atomic E-state index is 10.2. The zero-order chi connectivity index (χ0) is 11.1. The maximum Gasteiger partial charge on any atom is 0.290 e. The summed E-state index contributed by atoms with van der Waals surface area (Å²) in [5.41, 5.74) is -0.167. The third-order valence-electron chi connectivity index (χ3n) is 1.13.